The van der Waals surface area contributed by atoms with E-state index in [9.17, 15) is 17.1 Å². The van der Waals surface area contributed by atoms with E-state index in [1.165, 1.54) is 6.92 Å². The molecule has 0 unspecified atom stereocenters. The first kappa shape index (κ1) is 13.6. The molecule has 0 aliphatic rings. The van der Waals surface area contributed by atoms with E-state index in [0.29, 0.717) is 16.9 Å². The number of rotatable bonds is 3. The lowest BCUT2D eigenvalue weighted by Gasteiger charge is -1.97. The van der Waals surface area contributed by atoms with E-state index in [4.69, 9.17) is 0 Å². The van der Waals surface area contributed by atoms with E-state index in [1.54, 1.807) is 30.3 Å². The first-order valence-electron chi connectivity index (χ1n) is 5.16. The first-order valence-corrected chi connectivity index (χ1v) is 7.36. The summed E-state index contributed by atoms with van der Waals surface area (Å²) >= 11 is 0.584. The summed E-state index contributed by atoms with van der Waals surface area (Å²) in [5.41, 5.74) is 0.462. The Balaban J connectivity index is 2.59. The van der Waals surface area contributed by atoms with Crippen LogP contribution in [0.15, 0.2) is 34.5 Å². The molecule has 0 aliphatic heterocycles. The van der Waals surface area contributed by atoms with Crippen molar-refractivity contribution in [3.63, 3.8) is 0 Å². The summed E-state index contributed by atoms with van der Waals surface area (Å²) in [7, 11) is -4.89. The number of nitrogens with one attached hydrogen (secondary N) is 1. The molecule has 0 spiro atoms. The van der Waals surface area contributed by atoms with Gasteiger partial charge in [-0.3, -0.25) is 4.79 Å². The van der Waals surface area contributed by atoms with Gasteiger partial charge in [0.05, 0.1) is 0 Å². The Kier molecular flexibility index (Phi) is 3.63. The van der Waals surface area contributed by atoms with Crippen LogP contribution in [-0.4, -0.2) is 19.3 Å². The van der Waals surface area contributed by atoms with Crippen molar-refractivity contribution in [1.29, 1.82) is 0 Å². The SMILES string of the molecule is CC(=O)Nc1nc(-c2ccccc2)c(S(=O)(=O)F)s1. The fourth-order valence-corrected chi connectivity index (χ4v) is 3.25. The second kappa shape index (κ2) is 5.06. The van der Waals surface area contributed by atoms with Gasteiger partial charge in [-0.2, -0.15) is 8.42 Å². The molecule has 0 atom stereocenters. The predicted molar refractivity (Wildman–Crippen MR) is 70.1 cm³/mol. The van der Waals surface area contributed by atoms with Gasteiger partial charge in [0.1, 0.15) is 5.69 Å². The van der Waals surface area contributed by atoms with E-state index in [2.05, 4.69) is 10.3 Å². The number of hydrogen-bond acceptors (Lipinski definition) is 5. The second-order valence-electron chi connectivity index (χ2n) is 3.64. The highest BCUT2D eigenvalue weighted by Gasteiger charge is 2.24. The van der Waals surface area contributed by atoms with Gasteiger partial charge in [0.25, 0.3) is 0 Å². The van der Waals surface area contributed by atoms with Crippen molar-refractivity contribution < 1.29 is 17.1 Å². The number of halogens is 1. The monoisotopic (exact) mass is 300 g/mol. The largest absolute Gasteiger partial charge is 0.344 e. The zero-order valence-corrected chi connectivity index (χ0v) is 11.4. The minimum Gasteiger partial charge on any atom is -0.302 e. The van der Waals surface area contributed by atoms with Crippen LogP contribution < -0.4 is 5.32 Å². The van der Waals surface area contributed by atoms with Crippen LogP contribution in [0.5, 0.6) is 0 Å². The molecule has 0 radical (unpaired) electrons. The Morgan fingerprint density at radius 1 is 1.32 bits per heavy atom. The van der Waals surface area contributed by atoms with Crippen LogP contribution in [0.2, 0.25) is 0 Å². The van der Waals surface area contributed by atoms with Crippen LogP contribution in [0.4, 0.5) is 9.02 Å². The number of carbonyl (C=O) groups is 1. The van der Waals surface area contributed by atoms with Crippen molar-refractivity contribution in [3.8, 4) is 11.3 Å². The number of amides is 1. The molecular formula is C11H9FN2O3S2. The maximum Gasteiger partial charge on any atom is 0.344 e. The Hall–Kier alpha value is -1.80. The summed E-state index contributed by atoms with van der Waals surface area (Å²) in [6, 6.07) is 8.33. The van der Waals surface area contributed by atoms with Gasteiger partial charge in [-0.05, 0) is 0 Å². The van der Waals surface area contributed by atoms with Crippen molar-refractivity contribution in [2.45, 2.75) is 11.1 Å². The van der Waals surface area contributed by atoms with E-state index in [0.717, 1.165) is 0 Å². The van der Waals surface area contributed by atoms with E-state index in [-0.39, 0.29) is 10.8 Å². The van der Waals surface area contributed by atoms with Crippen LogP contribution in [-0.2, 0) is 15.0 Å². The molecule has 1 aromatic heterocycles. The fourth-order valence-electron chi connectivity index (χ4n) is 1.45. The molecule has 0 aliphatic carbocycles. The van der Waals surface area contributed by atoms with E-state index in [1.807, 2.05) is 0 Å². The lowest BCUT2D eigenvalue weighted by atomic mass is 10.2. The summed E-state index contributed by atoms with van der Waals surface area (Å²) < 4.78 is 35.0. The van der Waals surface area contributed by atoms with Gasteiger partial charge >= 0.3 is 10.2 Å². The molecule has 1 heterocycles. The van der Waals surface area contributed by atoms with Gasteiger partial charge < -0.3 is 5.32 Å². The number of thiazole rings is 1. The molecule has 2 aromatic rings. The maximum absolute atomic E-state index is 13.2. The Morgan fingerprint density at radius 2 is 1.95 bits per heavy atom. The molecule has 5 nitrogen and oxygen atoms in total. The highest BCUT2D eigenvalue weighted by atomic mass is 32.3. The minimum absolute atomic E-state index is 0.00292. The Morgan fingerprint density at radius 3 is 2.47 bits per heavy atom. The molecule has 100 valence electrons. The molecule has 19 heavy (non-hydrogen) atoms. The third-order valence-corrected chi connectivity index (χ3v) is 4.40. The molecule has 1 amide bonds. The number of anilines is 1. The Bertz CT molecular complexity index is 711. The smallest absolute Gasteiger partial charge is 0.302 e. The van der Waals surface area contributed by atoms with Crippen molar-refractivity contribution in [2.75, 3.05) is 5.32 Å². The number of hydrogen-bond donors (Lipinski definition) is 1. The molecule has 1 N–H and O–H groups in total. The maximum atomic E-state index is 13.2. The molecule has 0 fully saturated rings. The lowest BCUT2D eigenvalue weighted by Crippen LogP contribution is -2.04. The molecule has 0 saturated heterocycles. The standard InChI is InChI=1S/C11H9FN2O3S2/c1-7(15)13-11-14-9(8-5-3-2-4-6-8)10(18-11)19(12,16)17/h2-6H,1H3,(H,13,14,15). The molecule has 1 aromatic carbocycles. The van der Waals surface area contributed by atoms with E-state index < -0.39 is 20.3 Å². The molecule has 2 rings (SSSR count). The highest BCUT2D eigenvalue weighted by molar-refractivity contribution is 7.88. The third-order valence-electron chi connectivity index (χ3n) is 2.15. The topological polar surface area (TPSA) is 76.1 Å². The second-order valence-corrected chi connectivity index (χ2v) is 6.18. The number of aromatic nitrogens is 1. The molecule has 0 saturated carbocycles. The number of benzene rings is 1. The van der Waals surface area contributed by atoms with Crippen molar-refractivity contribution in [2.24, 2.45) is 0 Å². The summed E-state index contributed by atoms with van der Waals surface area (Å²) in [6.07, 6.45) is 0. The summed E-state index contributed by atoms with van der Waals surface area (Å²) in [4.78, 5) is 14.9. The average molecular weight is 300 g/mol. The third kappa shape index (κ3) is 3.15. The fraction of sp³-hybridized carbons (Fsp3) is 0.0909. The average Bonchev–Trinajstić information content (AvgIpc) is 2.73. The first-order chi connectivity index (χ1) is 8.88. The van der Waals surface area contributed by atoms with Crippen LogP contribution in [0.3, 0.4) is 0 Å². The van der Waals surface area contributed by atoms with Crippen molar-refractivity contribution in [3.05, 3.63) is 30.3 Å². The molecular weight excluding hydrogens is 291 g/mol. The van der Waals surface area contributed by atoms with Gasteiger partial charge in [-0.15, -0.1) is 0 Å². The van der Waals surface area contributed by atoms with Crippen LogP contribution in [0, 0.1) is 0 Å². The number of carbonyl (C=O) groups excluding carboxylic acids is 1. The lowest BCUT2D eigenvalue weighted by molar-refractivity contribution is -0.114. The summed E-state index contributed by atoms with van der Waals surface area (Å²) in [5.74, 6) is -0.406. The highest BCUT2D eigenvalue weighted by Crippen LogP contribution is 2.35. The van der Waals surface area contributed by atoms with Gasteiger partial charge in [0.2, 0.25) is 5.91 Å². The zero-order valence-electron chi connectivity index (χ0n) is 9.75. The Labute approximate surface area is 113 Å². The van der Waals surface area contributed by atoms with Crippen molar-refractivity contribution in [1.82, 2.24) is 4.98 Å². The molecule has 8 heteroatoms. The quantitative estimate of drug-likeness (QED) is 0.883. The van der Waals surface area contributed by atoms with Crippen LogP contribution in [0.1, 0.15) is 6.92 Å². The van der Waals surface area contributed by atoms with Gasteiger partial charge in [-0.1, -0.05) is 45.6 Å². The van der Waals surface area contributed by atoms with Crippen LogP contribution >= 0.6 is 11.3 Å². The number of nitrogens with zero attached hydrogens (tertiary/aromatic N) is 1. The normalized spacial score (nSPS) is 11.3. The zero-order chi connectivity index (χ0) is 14.0. The summed E-state index contributed by atoms with van der Waals surface area (Å²) in [5, 5.41) is 2.39. The van der Waals surface area contributed by atoms with Crippen LogP contribution in [0.25, 0.3) is 11.3 Å². The molecule has 0 bridgehead atoms. The van der Waals surface area contributed by atoms with E-state index >= 15 is 0 Å². The minimum atomic E-state index is -4.89. The van der Waals surface area contributed by atoms with Gasteiger partial charge in [0.15, 0.2) is 9.34 Å². The predicted octanol–water partition coefficient (Wildman–Crippen LogP) is 2.43. The van der Waals surface area contributed by atoms with Gasteiger partial charge in [0, 0.05) is 12.5 Å². The van der Waals surface area contributed by atoms with Crippen molar-refractivity contribution >= 4 is 32.6 Å². The summed E-state index contributed by atoms with van der Waals surface area (Å²) in [6.45, 7) is 1.26. The van der Waals surface area contributed by atoms with Gasteiger partial charge in [-0.25, -0.2) is 4.98 Å².